The fourth-order valence-corrected chi connectivity index (χ4v) is 3.00. The van der Waals surface area contributed by atoms with E-state index in [2.05, 4.69) is 10.3 Å². The molecule has 1 unspecified atom stereocenters. The Morgan fingerprint density at radius 2 is 1.95 bits per heavy atom. The van der Waals surface area contributed by atoms with Gasteiger partial charge in [0.05, 0.1) is 19.3 Å². The lowest BCUT2D eigenvalue weighted by molar-refractivity contribution is 0.0438. The fraction of sp³-hybridized carbons (Fsp3) is 0.438. The van der Waals surface area contributed by atoms with E-state index >= 15 is 0 Å². The van der Waals surface area contributed by atoms with Crippen molar-refractivity contribution < 1.29 is 19.7 Å². The van der Waals surface area contributed by atoms with Crippen LogP contribution in [0, 0.1) is 6.92 Å². The number of H-pyrrole nitrogens is 1. The molecule has 0 saturated heterocycles. The van der Waals surface area contributed by atoms with Gasteiger partial charge in [-0.15, -0.1) is 0 Å². The zero-order valence-electron chi connectivity index (χ0n) is 12.6. The van der Waals surface area contributed by atoms with Gasteiger partial charge in [-0.2, -0.15) is 0 Å². The first-order chi connectivity index (χ1) is 10.5. The van der Waals surface area contributed by atoms with E-state index in [4.69, 9.17) is 4.74 Å². The average molecular weight is 304 g/mol. The summed E-state index contributed by atoms with van der Waals surface area (Å²) in [7, 11) is 1.61. The molecule has 0 bridgehead atoms. The fourth-order valence-electron chi connectivity index (χ4n) is 3.00. The molecule has 118 valence electrons. The predicted molar refractivity (Wildman–Crippen MR) is 82.1 cm³/mol. The van der Waals surface area contributed by atoms with Gasteiger partial charge in [0.25, 0.3) is 5.91 Å². The molecule has 1 aromatic heterocycles. The number of rotatable bonds is 3. The molecule has 4 N–H and O–H groups in total. The normalized spacial score (nSPS) is 24.6. The maximum atomic E-state index is 12.3. The number of aliphatic hydroxyl groups excluding tert-OH is 2. The Morgan fingerprint density at radius 1 is 1.27 bits per heavy atom. The largest absolute Gasteiger partial charge is 0.497 e. The summed E-state index contributed by atoms with van der Waals surface area (Å²) in [5, 5.41) is 22.9. The van der Waals surface area contributed by atoms with Gasteiger partial charge >= 0.3 is 0 Å². The van der Waals surface area contributed by atoms with Crippen LogP contribution in [0.2, 0.25) is 0 Å². The molecule has 1 fully saturated rings. The van der Waals surface area contributed by atoms with Crippen LogP contribution in [0.5, 0.6) is 5.75 Å². The summed E-state index contributed by atoms with van der Waals surface area (Å²) in [6.45, 7) is 1.96. The molecule has 3 atom stereocenters. The zero-order chi connectivity index (χ0) is 15.9. The summed E-state index contributed by atoms with van der Waals surface area (Å²) < 4.78 is 5.23. The first-order valence-electron chi connectivity index (χ1n) is 7.32. The molecule has 1 aromatic carbocycles. The van der Waals surface area contributed by atoms with E-state index in [1.165, 1.54) is 0 Å². The highest BCUT2D eigenvalue weighted by Crippen LogP contribution is 2.26. The molecule has 0 radical (unpaired) electrons. The van der Waals surface area contributed by atoms with E-state index in [1.54, 1.807) is 13.2 Å². The third-order valence-electron chi connectivity index (χ3n) is 4.23. The molecule has 1 aliphatic carbocycles. The maximum Gasteiger partial charge on any atom is 0.267 e. The Morgan fingerprint density at radius 3 is 2.59 bits per heavy atom. The van der Waals surface area contributed by atoms with Crippen LogP contribution in [0.15, 0.2) is 18.2 Å². The number of aryl methyl sites for hydroxylation is 1. The lowest BCUT2D eigenvalue weighted by atomic mass is 10.1. The SMILES string of the molecule is COc1cc(C)c2cc(C(=O)NC3C[C@@H](O)[C@@H](O)C3)[nH]c2c1. The average Bonchev–Trinajstić information content (AvgIpc) is 3.03. The van der Waals surface area contributed by atoms with Crippen molar-refractivity contribution in [1.82, 2.24) is 10.3 Å². The van der Waals surface area contributed by atoms with Crippen molar-refractivity contribution in [3.63, 3.8) is 0 Å². The summed E-state index contributed by atoms with van der Waals surface area (Å²) in [6.07, 6.45) is -0.779. The molecule has 0 aliphatic heterocycles. The Balaban J connectivity index is 1.81. The molecule has 1 heterocycles. The zero-order valence-corrected chi connectivity index (χ0v) is 12.6. The minimum atomic E-state index is -0.764. The number of hydrogen-bond acceptors (Lipinski definition) is 4. The van der Waals surface area contributed by atoms with Crippen molar-refractivity contribution in [2.24, 2.45) is 0 Å². The minimum Gasteiger partial charge on any atom is -0.497 e. The van der Waals surface area contributed by atoms with Gasteiger partial charge in [-0.1, -0.05) is 0 Å². The monoisotopic (exact) mass is 304 g/mol. The number of methoxy groups -OCH3 is 1. The second-order valence-electron chi connectivity index (χ2n) is 5.87. The molecule has 1 amide bonds. The molecule has 2 aromatic rings. The van der Waals surface area contributed by atoms with Crippen molar-refractivity contribution in [1.29, 1.82) is 0 Å². The third-order valence-corrected chi connectivity index (χ3v) is 4.23. The number of aromatic nitrogens is 1. The molecule has 1 saturated carbocycles. The number of aromatic amines is 1. The second-order valence-corrected chi connectivity index (χ2v) is 5.87. The topological polar surface area (TPSA) is 94.6 Å². The van der Waals surface area contributed by atoms with E-state index in [-0.39, 0.29) is 11.9 Å². The van der Waals surface area contributed by atoms with E-state index in [9.17, 15) is 15.0 Å². The number of carbonyl (C=O) groups is 1. The molecule has 1 aliphatic rings. The lowest BCUT2D eigenvalue weighted by Gasteiger charge is -2.10. The van der Waals surface area contributed by atoms with Crippen molar-refractivity contribution in [3.8, 4) is 5.75 Å². The number of amides is 1. The number of hydrogen-bond donors (Lipinski definition) is 4. The van der Waals surface area contributed by atoms with Gasteiger partial charge in [0.15, 0.2) is 0 Å². The van der Waals surface area contributed by atoms with E-state index < -0.39 is 12.2 Å². The Labute approximate surface area is 128 Å². The maximum absolute atomic E-state index is 12.3. The molecular weight excluding hydrogens is 284 g/mol. The summed E-state index contributed by atoms with van der Waals surface area (Å²) in [5.41, 5.74) is 2.33. The summed E-state index contributed by atoms with van der Waals surface area (Å²) in [4.78, 5) is 15.4. The summed E-state index contributed by atoms with van der Waals surface area (Å²) in [5.74, 6) is 0.502. The Bertz CT molecular complexity index is 699. The lowest BCUT2D eigenvalue weighted by Crippen LogP contribution is -2.33. The van der Waals surface area contributed by atoms with Gasteiger partial charge in [-0.05, 0) is 37.5 Å². The summed E-state index contributed by atoms with van der Waals surface area (Å²) in [6, 6.07) is 5.37. The molecule has 22 heavy (non-hydrogen) atoms. The van der Waals surface area contributed by atoms with E-state index in [0.29, 0.717) is 18.5 Å². The Kier molecular flexibility index (Phi) is 3.80. The standard InChI is InChI=1S/C16H20N2O4/c1-8-3-10(22-2)6-12-11(8)7-13(18-12)16(21)17-9-4-14(19)15(20)5-9/h3,6-7,9,14-15,18-20H,4-5H2,1-2H3,(H,17,21)/t9?,14-,15+. The Hall–Kier alpha value is -2.05. The van der Waals surface area contributed by atoms with E-state index in [0.717, 1.165) is 22.2 Å². The first-order valence-corrected chi connectivity index (χ1v) is 7.32. The van der Waals surface area contributed by atoms with Crippen LogP contribution in [0.3, 0.4) is 0 Å². The van der Waals surface area contributed by atoms with Gasteiger partial charge in [-0.3, -0.25) is 4.79 Å². The highest BCUT2D eigenvalue weighted by atomic mass is 16.5. The van der Waals surface area contributed by atoms with Crippen LogP contribution in [0.4, 0.5) is 0 Å². The number of aliphatic hydroxyl groups is 2. The number of fused-ring (bicyclic) bond motifs is 1. The van der Waals surface area contributed by atoms with Crippen molar-refractivity contribution in [3.05, 3.63) is 29.5 Å². The van der Waals surface area contributed by atoms with Gasteiger partial charge in [0.2, 0.25) is 0 Å². The van der Waals surface area contributed by atoms with Gasteiger partial charge in [0.1, 0.15) is 11.4 Å². The molecule has 6 heteroatoms. The molecule has 3 rings (SSSR count). The molecule has 6 nitrogen and oxygen atoms in total. The first kappa shape index (κ1) is 14.9. The number of benzene rings is 1. The van der Waals surface area contributed by atoms with Crippen LogP contribution in [0.1, 0.15) is 28.9 Å². The highest BCUT2D eigenvalue weighted by molar-refractivity contribution is 5.99. The van der Waals surface area contributed by atoms with Crippen LogP contribution in [-0.4, -0.2) is 46.5 Å². The van der Waals surface area contributed by atoms with Crippen LogP contribution in [-0.2, 0) is 0 Å². The number of ether oxygens (including phenoxy) is 1. The van der Waals surface area contributed by atoms with Crippen molar-refractivity contribution in [2.75, 3.05) is 7.11 Å². The van der Waals surface area contributed by atoms with Gasteiger partial charge in [-0.25, -0.2) is 0 Å². The molecule has 0 spiro atoms. The van der Waals surface area contributed by atoms with Crippen molar-refractivity contribution >= 4 is 16.8 Å². The van der Waals surface area contributed by atoms with Crippen molar-refractivity contribution in [2.45, 2.75) is 38.0 Å². The smallest absolute Gasteiger partial charge is 0.267 e. The summed E-state index contributed by atoms with van der Waals surface area (Å²) >= 11 is 0. The van der Waals surface area contributed by atoms with Gasteiger partial charge in [0, 0.05) is 23.0 Å². The van der Waals surface area contributed by atoms with E-state index in [1.807, 2.05) is 19.1 Å². The van der Waals surface area contributed by atoms with Gasteiger partial charge < -0.3 is 25.3 Å². The number of carbonyl (C=O) groups excluding carboxylic acids is 1. The molecular formula is C16H20N2O4. The van der Waals surface area contributed by atoms with Crippen LogP contribution in [0.25, 0.3) is 10.9 Å². The van der Waals surface area contributed by atoms with Crippen LogP contribution < -0.4 is 10.1 Å². The van der Waals surface area contributed by atoms with Crippen LogP contribution >= 0.6 is 0 Å². The number of nitrogens with one attached hydrogen (secondary N) is 2. The predicted octanol–water partition coefficient (Wildman–Crippen LogP) is 1.10. The third kappa shape index (κ3) is 2.67. The minimum absolute atomic E-state index is 0.209. The highest BCUT2D eigenvalue weighted by Gasteiger charge is 2.32. The second kappa shape index (κ2) is 5.62. The quantitative estimate of drug-likeness (QED) is 0.683.